The molecule has 1 saturated heterocycles. The minimum atomic E-state index is -2.90. The maximum absolute atomic E-state index is 11.5. The molecule has 5 nitrogen and oxygen atoms in total. The minimum absolute atomic E-state index is 0.0247. The molecule has 6 heteroatoms. The van der Waals surface area contributed by atoms with Gasteiger partial charge in [-0.05, 0) is 25.0 Å². The molecule has 0 aliphatic carbocycles. The van der Waals surface area contributed by atoms with E-state index in [2.05, 4.69) is 4.98 Å². The fourth-order valence-electron chi connectivity index (χ4n) is 2.28. The van der Waals surface area contributed by atoms with Gasteiger partial charge in [-0.2, -0.15) is 0 Å². The van der Waals surface area contributed by atoms with Crippen molar-refractivity contribution in [2.24, 2.45) is 0 Å². The molecule has 1 fully saturated rings. The zero-order valence-corrected chi connectivity index (χ0v) is 11.3. The third kappa shape index (κ3) is 2.53. The van der Waals surface area contributed by atoms with E-state index in [0.717, 1.165) is 17.7 Å². The Morgan fingerprint density at radius 3 is 2.72 bits per heavy atom. The van der Waals surface area contributed by atoms with Crippen molar-refractivity contribution < 1.29 is 13.2 Å². The monoisotopic (exact) mass is 268 g/mol. The van der Waals surface area contributed by atoms with Crippen molar-refractivity contribution in [3.05, 3.63) is 23.4 Å². The van der Waals surface area contributed by atoms with Crippen LogP contribution in [-0.4, -0.2) is 44.3 Å². The van der Waals surface area contributed by atoms with Crippen LogP contribution in [0.15, 0.2) is 12.3 Å². The summed E-state index contributed by atoms with van der Waals surface area (Å²) >= 11 is 0. The number of sulfone groups is 1. The van der Waals surface area contributed by atoms with E-state index in [1.165, 1.54) is 6.20 Å². The van der Waals surface area contributed by atoms with Crippen LogP contribution in [0.25, 0.3) is 0 Å². The summed E-state index contributed by atoms with van der Waals surface area (Å²) < 4.78 is 22.9. The van der Waals surface area contributed by atoms with Gasteiger partial charge in [0.1, 0.15) is 5.82 Å². The number of carbonyl (C=O) groups excluding carboxylic acids is 1. The average Bonchev–Trinajstić information content (AvgIpc) is 2.68. The van der Waals surface area contributed by atoms with Crippen molar-refractivity contribution in [1.82, 2.24) is 4.98 Å². The Hall–Kier alpha value is -1.43. The van der Waals surface area contributed by atoms with Crippen LogP contribution in [0.5, 0.6) is 0 Å². The second kappa shape index (κ2) is 4.68. The number of hydrogen-bond donors (Lipinski definition) is 0. The maximum Gasteiger partial charge on any atom is 0.152 e. The molecule has 1 aliphatic heterocycles. The quantitative estimate of drug-likeness (QED) is 0.759. The van der Waals surface area contributed by atoms with Gasteiger partial charge in [-0.25, -0.2) is 13.4 Å². The van der Waals surface area contributed by atoms with Crippen molar-refractivity contribution in [2.75, 3.05) is 23.5 Å². The molecule has 2 heterocycles. The smallest absolute Gasteiger partial charge is 0.152 e. The van der Waals surface area contributed by atoms with Crippen molar-refractivity contribution >= 4 is 21.9 Å². The molecule has 1 aromatic heterocycles. The zero-order chi connectivity index (χ0) is 13.3. The highest BCUT2D eigenvalue weighted by molar-refractivity contribution is 7.91. The lowest BCUT2D eigenvalue weighted by atomic mass is 10.1. The third-order valence-corrected chi connectivity index (χ3v) is 5.05. The Bertz CT molecular complexity index is 569. The highest BCUT2D eigenvalue weighted by atomic mass is 32.2. The Morgan fingerprint density at radius 2 is 2.22 bits per heavy atom. The lowest BCUT2D eigenvalue weighted by molar-refractivity contribution is 0.112. The topological polar surface area (TPSA) is 67.3 Å². The zero-order valence-electron chi connectivity index (χ0n) is 10.5. The predicted molar refractivity (Wildman–Crippen MR) is 69.8 cm³/mol. The molecule has 1 aliphatic rings. The van der Waals surface area contributed by atoms with Gasteiger partial charge in [-0.3, -0.25) is 4.79 Å². The van der Waals surface area contributed by atoms with Crippen molar-refractivity contribution in [2.45, 2.75) is 19.4 Å². The van der Waals surface area contributed by atoms with Crippen LogP contribution >= 0.6 is 0 Å². The van der Waals surface area contributed by atoms with Gasteiger partial charge in [0, 0.05) is 24.8 Å². The van der Waals surface area contributed by atoms with Crippen LogP contribution in [0.3, 0.4) is 0 Å². The molecule has 1 aromatic rings. The average molecular weight is 268 g/mol. The largest absolute Gasteiger partial charge is 0.355 e. The highest BCUT2D eigenvalue weighted by Crippen LogP contribution is 2.24. The molecule has 0 bridgehead atoms. The number of aromatic nitrogens is 1. The molecule has 1 unspecified atom stereocenters. The Morgan fingerprint density at radius 1 is 1.50 bits per heavy atom. The van der Waals surface area contributed by atoms with Crippen LogP contribution in [0.4, 0.5) is 5.82 Å². The lowest BCUT2D eigenvalue weighted by Gasteiger charge is -2.26. The van der Waals surface area contributed by atoms with E-state index in [1.807, 2.05) is 18.9 Å². The van der Waals surface area contributed by atoms with Crippen LogP contribution in [-0.2, 0) is 9.84 Å². The molecule has 1 atom stereocenters. The van der Waals surface area contributed by atoms with E-state index < -0.39 is 9.84 Å². The van der Waals surface area contributed by atoms with Crippen LogP contribution in [0, 0.1) is 6.92 Å². The van der Waals surface area contributed by atoms with Crippen molar-refractivity contribution in [3.63, 3.8) is 0 Å². The Balaban J connectivity index is 2.24. The first-order valence-electron chi connectivity index (χ1n) is 5.78. The van der Waals surface area contributed by atoms with Crippen LogP contribution < -0.4 is 4.90 Å². The molecule has 98 valence electrons. The number of anilines is 1. The molecule has 0 N–H and O–H groups in total. The van der Waals surface area contributed by atoms with E-state index in [4.69, 9.17) is 0 Å². The van der Waals surface area contributed by atoms with E-state index >= 15 is 0 Å². The van der Waals surface area contributed by atoms with Crippen LogP contribution in [0.1, 0.15) is 22.3 Å². The second-order valence-electron chi connectivity index (χ2n) is 4.69. The summed E-state index contributed by atoms with van der Waals surface area (Å²) in [6.07, 6.45) is 2.90. The first-order chi connectivity index (χ1) is 8.43. The maximum atomic E-state index is 11.5. The fraction of sp³-hybridized carbons (Fsp3) is 0.500. The summed E-state index contributed by atoms with van der Waals surface area (Å²) in [7, 11) is -1.05. The van der Waals surface area contributed by atoms with E-state index in [9.17, 15) is 13.2 Å². The van der Waals surface area contributed by atoms with Crippen molar-refractivity contribution in [3.8, 4) is 0 Å². The number of rotatable bonds is 3. The molecular formula is C12H16N2O3S. The molecule has 0 saturated carbocycles. The standard InChI is InChI=1S/C12H16N2O3S/c1-9-5-10(7-15)6-13-12(9)14(2)11-3-4-18(16,17)8-11/h5-7,11H,3-4,8H2,1-2H3. The summed E-state index contributed by atoms with van der Waals surface area (Å²) in [5.74, 6) is 1.16. The second-order valence-corrected chi connectivity index (χ2v) is 6.92. The normalized spacial score (nSPS) is 21.8. The molecule has 0 aromatic carbocycles. The fourth-order valence-corrected chi connectivity index (χ4v) is 4.05. The summed E-state index contributed by atoms with van der Waals surface area (Å²) in [6, 6.07) is 1.73. The summed E-state index contributed by atoms with van der Waals surface area (Å²) in [5.41, 5.74) is 1.41. The Kier molecular flexibility index (Phi) is 3.38. The van der Waals surface area contributed by atoms with Gasteiger partial charge in [-0.15, -0.1) is 0 Å². The molecule has 18 heavy (non-hydrogen) atoms. The number of pyridine rings is 1. The SMILES string of the molecule is Cc1cc(C=O)cnc1N(C)C1CCS(=O)(=O)C1. The number of hydrogen-bond acceptors (Lipinski definition) is 5. The molecule has 0 amide bonds. The first-order valence-corrected chi connectivity index (χ1v) is 7.60. The Labute approximate surface area is 107 Å². The van der Waals surface area contributed by atoms with Gasteiger partial charge < -0.3 is 4.90 Å². The first kappa shape index (κ1) is 13.0. The molecule has 2 rings (SSSR count). The van der Waals surface area contributed by atoms with Gasteiger partial charge in [0.25, 0.3) is 0 Å². The van der Waals surface area contributed by atoms with Gasteiger partial charge in [0.2, 0.25) is 0 Å². The predicted octanol–water partition coefficient (Wildman–Crippen LogP) is 0.826. The number of nitrogens with zero attached hydrogens (tertiary/aromatic N) is 2. The van der Waals surface area contributed by atoms with Crippen molar-refractivity contribution in [1.29, 1.82) is 0 Å². The molecule has 0 radical (unpaired) electrons. The van der Waals surface area contributed by atoms with E-state index in [-0.39, 0.29) is 17.5 Å². The number of aldehydes is 1. The van der Waals surface area contributed by atoms with Crippen LogP contribution in [0.2, 0.25) is 0 Å². The third-order valence-electron chi connectivity index (χ3n) is 3.30. The number of carbonyl (C=O) groups is 1. The van der Waals surface area contributed by atoms with Gasteiger partial charge >= 0.3 is 0 Å². The number of aryl methyl sites for hydroxylation is 1. The van der Waals surface area contributed by atoms with Gasteiger partial charge in [0.05, 0.1) is 11.5 Å². The highest BCUT2D eigenvalue weighted by Gasteiger charge is 2.31. The van der Waals surface area contributed by atoms with Gasteiger partial charge in [0.15, 0.2) is 16.1 Å². The summed E-state index contributed by atoms with van der Waals surface area (Å²) in [4.78, 5) is 16.8. The molecule has 0 spiro atoms. The van der Waals surface area contributed by atoms with E-state index in [0.29, 0.717) is 12.0 Å². The lowest BCUT2D eigenvalue weighted by Crippen LogP contribution is -2.33. The molecular weight excluding hydrogens is 252 g/mol. The van der Waals surface area contributed by atoms with Gasteiger partial charge in [-0.1, -0.05) is 0 Å². The minimum Gasteiger partial charge on any atom is -0.355 e. The summed E-state index contributed by atoms with van der Waals surface area (Å²) in [6.45, 7) is 1.87. The van der Waals surface area contributed by atoms with E-state index in [1.54, 1.807) is 6.07 Å². The summed E-state index contributed by atoms with van der Waals surface area (Å²) in [5, 5.41) is 0.